The summed E-state index contributed by atoms with van der Waals surface area (Å²) < 4.78 is 0. The average Bonchev–Trinajstić information content (AvgIpc) is 3.02. The molecule has 2 N–H and O–H groups in total. The van der Waals surface area contributed by atoms with Crippen LogP contribution in [-0.4, -0.2) is 34.8 Å². The molecule has 30 heavy (non-hydrogen) atoms. The van der Waals surface area contributed by atoms with Crippen molar-refractivity contribution in [3.05, 3.63) is 41.5 Å². The van der Waals surface area contributed by atoms with E-state index in [9.17, 15) is 24.3 Å². The fraction of sp³-hybridized carbons (Fsp3) is 0.391. The third-order valence-electron chi connectivity index (χ3n) is 6.80. The molecule has 0 unspecified atom stereocenters. The van der Waals surface area contributed by atoms with Crippen molar-refractivity contribution in [2.45, 2.75) is 50.5 Å². The van der Waals surface area contributed by atoms with Crippen molar-refractivity contribution < 1.29 is 24.3 Å². The lowest BCUT2D eigenvalue weighted by atomic mass is 9.77. The maximum atomic E-state index is 13.2. The predicted molar refractivity (Wildman–Crippen MR) is 109 cm³/mol. The van der Waals surface area contributed by atoms with Crippen LogP contribution in [0.3, 0.4) is 0 Å². The van der Waals surface area contributed by atoms with Gasteiger partial charge in [0.25, 0.3) is 5.91 Å². The summed E-state index contributed by atoms with van der Waals surface area (Å²) in [4.78, 5) is 50.0. The van der Waals surface area contributed by atoms with Crippen LogP contribution in [0.5, 0.6) is 0 Å². The number of rotatable bonds is 3. The lowest BCUT2D eigenvalue weighted by Crippen LogP contribution is -2.53. The van der Waals surface area contributed by atoms with Gasteiger partial charge >= 0.3 is 5.97 Å². The smallest absolute Gasteiger partial charge is 0.306 e. The Bertz CT molecular complexity index is 1100. The summed E-state index contributed by atoms with van der Waals surface area (Å²) in [6, 6.07) is 8.87. The van der Waals surface area contributed by atoms with Crippen LogP contribution in [0.1, 0.15) is 60.4 Å². The van der Waals surface area contributed by atoms with Gasteiger partial charge in [0.15, 0.2) is 0 Å². The topological polar surface area (TPSA) is 104 Å². The average molecular weight is 406 g/mol. The maximum Gasteiger partial charge on any atom is 0.306 e. The number of hydrogen-bond acceptors (Lipinski definition) is 4. The number of piperidine rings is 1. The number of hydrogen-bond donors (Lipinski definition) is 2. The molecule has 1 saturated carbocycles. The molecule has 1 aliphatic carbocycles. The third-order valence-corrected chi connectivity index (χ3v) is 6.80. The van der Waals surface area contributed by atoms with E-state index < -0.39 is 17.9 Å². The number of benzene rings is 2. The first kappa shape index (κ1) is 18.8. The number of carboxylic acid groups (broad SMARTS) is 1. The van der Waals surface area contributed by atoms with Gasteiger partial charge in [-0.15, -0.1) is 0 Å². The van der Waals surface area contributed by atoms with Gasteiger partial charge in [-0.25, -0.2) is 0 Å². The SMILES string of the molecule is O=C1CC[C@H](N2C(=O)c3cccc4c(C5CCC(C(=O)O)CC5)ccc2c34)C(=O)N1. The number of nitrogens with one attached hydrogen (secondary N) is 1. The minimum atomic E-state index is -0.723. The minimum Gasteiger partial charge on any atom is -0.481 e. The molecular formula is C23H22N2O5. The standard InChI is InChI=1S/C23H22N2O5/c26-19-11-10-18(21(27)24-19)25-17-9-8-14(12-4-6-13(7-5-12)23(29)30)15-2-1-3-16(20(15)17)22(25)28/h1-3,8-9,12-13,18H,4-7,10-11H2,(H,29,30)(H,24,26,27)/t12?,13?,18-/m0/s1. The predicted octanol–water partition coefficient (Wildman–Crippen LogP) is 2.96. The third kappa shape index (κ3) is 2.80. The second-order valence-corrected chi connectivity index (χ2v) is 8.43. The number of imide groups is 1. The molecule has 0 spiro atoms. The number of aliphatic carboxylic acids is 1. The van der Waals surface area contributed by atoms with Crippen LogP contribution in [0.25, 0.3) is 10.8 Å². The van der Waals surface area contributed by atoms with E-state index in [1.807, 2.05) is 24.3 Å². The summed E-state index contributed by atoms with van der Waals surface area (Å²) in [7, 11) is 0. The summed E-state index contributed by atoms with van der Waals surface area (Å²) in [6.45, 7) is 0. The minimum absolute atomic E-state index is 0.211. The van der Waals surface area contributed by atoms with Crippen molar-refractivity contribution in [1.29, 1.82) is 0 Å². The van der Waals surface area contributed by atoms with Crippen molar-refractivity contribution in [2.75, 3.05) is 4.90 Å². The fourth-order valence-corrected chi connectivity index (χ4v) is 5.27. The summed E-state index contributed by atoms with van der Waals surface area (Å²) in [5, 5.41) is 13.5. The lowest BCUT2D eigenvalue weighted by molar-refractivity contribution is -0.143. The van der Waals surface area contributed by atoms with E-state index in [-0.39, 0.29) is 30.1 Å². The van der Waals surface area contributed by atoms with Crippen molar-refractivity contribution in [3.63, 3.8) is 0 Å². The number of amides is 3. The second-order valence-electron chi connectivity index (χ2n) is 8.43. The van der Waals surface area contributed by atoms with Crippen LogP contribution in [-0.2, 0) is 14.4 Å². The Balaban J connectivity index is 1.53. The van der Waals surface area contributed by atoms with Crippen molar-refractivity contribution in [2.24, 2.45) is 5.92 Å². The second kappa shape index (κ2) is 6.93. The van der Waals surface area contributed by atoms with Crippen LogP contribution in [0.4, 0.5) is 5.69 Å². The Morgan fingerprint density at radius 1 is 1.00 bits per heavy atom. The van der Waals surface area contributed by atoms with Crippen molar-refractivity contribution in [1.82, 2.24) is 5.32 Å². The lowest BCUT2D eigenvalue weighted by Gasteiger charge is -2.31. The molecule has 1 atom stereocenters. The zero-order valence-corrected chi connectivity index (χ0v) is 16.4. The van der Waals surface area contributed by atoms with E-state index in [0.717, 1.165) is 29.2 Å². The summed E-state index contributed by atoms with van der Waals surface area (Å²) in [5.74, 6) is -1.70. The first-order chi connectivity index (χ1) is 14.5. The molecule has 5 rings (SSSR count). The maximum absolute atomic E-state index is 13.2. The Hall–Kier alpha value is -3.22. The number of carboxylic acids is 1. The van der Waals surface area contributed by atoms with E-state index in [2.05, 4.69) is 5.32 Å². The fourth-order valence-electron chi connectivity index (χ4n) is 5.27. The highest BCUT2D eigenvalue weighted by atomic mass is 16.4. The monoisotopic (exact) mass is 406 g/mol. The zero-order valence-electron chi connectivity index (χ0n) is 16.4. The molecule has 154 valence electrons. The van der Waals surface area contributed by atoms with Crippen LogP contribution >= 0.6 is 0 Å². The normalized spacial score (nSPS) is 26.2. The molecule has 1 saturated heterocycles. The molecule has 0 radical (unpaired) electrons. The molecule has 2 aromatic rings. The van der Waals surface area contributed by atoms with E-state index >= 15 is 0 Å². The molecule has 3 aliphatic rings. The van der Waals surface area contributed by atoms with Gasteiger partial charge in [-0.1, -0.05) is 18.2 Å². The summed E-state index contributed by atoms with van der Waals surface area (Å²) in [6.07, 6.45) is 3.45. The molecule has 2 aromatic carbocycles. The van der Waals surface area contributed by atoms with Crippen LogP contribution in [0, 0.1) is 5.92 Å². The number of carbonyl (C=O) groups is 4. The molecule has 7 nitrogen and oxygen atoms in total. The largest absolute Gasteiger partial charge is 0.481 e. The summed E-state index contributed by atoms with van der Waals surface area (Å²) in [5.41, 5.74) is 2.42. The molecule has 0 aromatic heterocycles. The highest BCUT2D eigenvalue weighted by molar-refractivity contribution is 6.27. The van der Waals surface area contributed by atoms with Gasteiger partial charge in [-0.2, -0.15) is 0 Å². The van der Waals surface area contributed by atoms with Gasteiger partial charge in [0.1, 0.15) is 6.04 Å². The molecule has 2 heterocycles. The van der Waals surface area contributed by atoms with Gasteiger partial charge in [-0.3, -0.25) is 29.4 Å². The Kier molecular flexibility index (Phi) is 4.34. The highest BCUT2D eigenvalue weighted by Crippen LogP contribution is 2.45. The number of anilines is 1. The van der Waals surface area contributed by atoms with E-state index in [0.29, 0.717) is 30.5 Å². The van der Waals surface area contributed by atoms with Crippen LogP contribution < -0.4 is 10.2 Å². The highest BCUT2D eigenvalue weighted by Gasteiger charge is 2.41. The van der Waals surface area contributed by atoms with E-state index in [4.69, 9.17) is 0 Å². The Morgan fingerprint density at radius 2 is 1.77 bits per heavy atom. The molecule has 0 bridgehead atoms. The summed E-state index contributed by atoms with van der Waals surface area (Å²) >= 11 is 0. The van der Waals surface area contributed by atoms with Gasteiger partial charge in [0.2, 0.25) is 11.8 Å². The number of nitrogens with zero attached hydrogens (tertiary/aromatic N) is 1. The first-order valence-electron chi connectivity index (χ1n) is 10.4. The van der Waals surface area contributed by atoms with E-state index in [1.165, 1.54) is 4.90 Å². The molecule has 7 heteroatoms. The molecule has 2 fully saturated rings. The van der Waals surface area contributed by atoms with Crippen molar-refractivity contribution >= 4 is 40.2 Å². The van der Waals surface area contributed by atoms with Gasteiger partial charge < -0.3 is 5.11 Å². The van der Waals surface area contributed by atoms with Gasteiger partial charge in [-0.05, 0) is 61.1 Å². The van der Waals surface area contributed by atoms with Gasteiger partial charge in [0.05, 0.1) is 11.6 Å². The van der Waals surface area contributed by atoms with Gasteiger partial charge in [0, 0.05) is 17.4 Å². The zero-order chi connectivity index (χ0) is 21.0. The number of carbonyl (C=O) groups excluding carboxylic acids is 3. The first-order valence-corrected chi connectivity index (χ1v) is 10.4. The van der Waals surface area contributed by atoms with E-state index in [1.54, 1.807) is 6.07 Å². The Labute approximate surface area is 173 Å². The van der Waals surface area contributed by atoms with Crippen LogP contribution in [0.2, 0.25) is 0 Å². The quantitative estimate of drug-likeness (QED) is 0.763. The molecule has 2 aliphatic heterocycles. The van der Waals surface area contributed by atoms with Crippen LogP contribution in [0.15, 0.2) is 30.3 Å². The molecule has 3 amide bonds. The van der Waals surface area contributed by atoms with Crippen molar-refractivity contribution in [3.8, 4) is 0 Å². The molecular weight excluding hydrogens is 384 g/mol. The Morgan fingerprint density at radius 3 is 2.47 bits per heavy atom.